The summed E-state index contributed by atoms with van der Waals surface area (Å²) >= 11 is 8.04. The van der Waals surface area contributed by atoms with E-state index >= 15 is 0 Å². The van der Waals surface area contributed by atoms with E-state index in [1.54, 1.807) is 0 Å². The zero-order chi connectivity index (χ0) is 25.4. The van der Waals surface area contributed by atoms with Crippen LogP contribution in [0, 0.1) is 17.8 Å². The number of ether oxygens (including phenoxy) is 1. The van der Waals surface area contributed by atoms with Crippen molar-refractivity contribution in [1.29, 1.82) is 0 Å². The Morgan fingerprint density at radius 1 is 0.972 bits per heavy atom. The van der Waals surface area contributed by atoms with Crippen LogP contribution in [0.3, 0.4) is 0 Å². The van der Waals surface area contributed by atoms with Gasteiger partial charge in [-0.25, -0.2) is 0 Å². The van der Waals surface area contributed by atoms with Crippen molar-refractivity contribution >= 4 is 49.6 Å². The second kappa shape index (κ2) is 8.50. The maximum absolute atomic E-state index is 14.3. The molecular weight excluding hydrogens is 588 g/mol. The number of nitrogens with one attached hydrogen (secondary N) is 1. The van der Waals surface area contributed by atoms with E-state index < -0.39 is 26.5 Å². The fourth-order valence-corrected chi connectivity index (χ4v) is 9.11. The number of carbonyl (C=O) groups excluding carboxylic acids is 3. The number of amides is 3. The van der Waals surface area contributed by atoms with Gasteiger partial charge in [0.15, 0.2) is 0 Å². The number of imide groups is 1. The topological polar surface area (TPSA) is 75.7 Å². The average molecular weight is 616 g/mol. The third-order valence-corrected chi connectivity index (χ3v) is 11.0. The van der Waals surface area contributed by atoms with E-state index in [0.29, 0.717) is 13.2 Å². The van der Waals surface area contributed by atoms with E-state index in [-0.39, 0.29) is 29.7 Å². The maximum Gasteiger partial charge on any atom is 0.243 e. The number of hydrogen-bond acceptors (Lipinski definition) is 4. The molecule has 0 unspecified atom stereocenters. The van der Waals surface area contributed by atoms with Crippen molar-refractivity contribution in [2.24, 2.45) is 17.8 Å². The Bertz CT molecular complexity index is 1150. The second-order valence-corrected chi connectivity index (χ2v) is 13.1. The minimum absolute atomic E-state index is 0.0224. The summed E-state index contributed by atoms with van der Waals surface area (Å²) in [5.74, 6) is -2.53. The minimum Gasteiger partial charge on any atom is -0.376 e. The van der Waals surface area contributed by atoms with Crippen LogP contribution in [0.4, 0.5) is 0 Å². The summed E-state index contributed by atoms with van der Waals surface area (Å²) in [5.41, 5.74) is 3.92. The van der Waals surface area contributed by atoms with Crippen LogP contribution < -0.4 is 5.32 Å². The minimum atomic E-state index is -0.894. The lowest BCUT2D eigenvalue weighted by Crippen LogP contribution is -2.56. The highest BCUT2D eigenvalue weighted by atomic mass is 79.9. The molecule has 36 heavy (non-hydrogen) atoms. The Hall–Kier alpha value is -2.03. The van der Waals surface area contributed by atoms with Gasteiger partial charge in [-0.1, -0.05) is 94.2 Å². The molecule has 2 aliphatic heterocycles. The van der Waals surface area contributed by atoms with Crippen LogP contribution in [0.25, 0.3) is 0 Å². The van der Waals surface area contributed by atoms with Crippen molar-refractivity contribution in [2.75, 3.05) is 13.2 Å². The van der Waals surface area contributed by atoms with Gasteiger partial charge in [-0.05, 0) is 41.0 Å². The van der Waals surface area contributed by atoms with Crippen molar-refractivity contribution < 1.29 is 19.1 Å². The molecule has 3 aliphatic carbocycles. The first-order chi connectivity index (χ1) is 17.2. The molecule has 0 aromatic heterocycles. The molecule has 188 valence electrons. The second-order valence-electron chi connectivity index (χ2n) is 10.6. The zero-order valence-electron chi connectivity index (χ0n) is 20.2. The molecule has 2 heterocycles. The van der Waals surface area contributed by atoms with Gasteiger partial charge in [-0.2, -0.15) is 0 Å². The van der Waals surface area contributed by atoms with Gasteiger partial charge in [-0.3, -0.25) is 19.3 Å². The summed E-state index contributed by atoms with van der Waals surface area (Å²) in [4.78, 5) is 43.3. The standard InChI is InChI=1S/C28H28Br2N2O4/c1-15(2)23(24(33)31-14-16-8-7-13-36-16)32-25(34)21-22(26(32)35)28(30)18-10-4-3-9-17(18)27(21,29)19-11-5-6-12-20(19)28/h3-6,9-12,15-16,21-23H,7-8,13-14H2,1-2H3,(H,31,33)/t16-,21-,22-,23+,27?,28?/m0/s1. The van der Waals surface area contributed by atoms with Crippen LogP contribution in [0.2, 0.25) is 0 Å². The summed E-state index contributed by atoms with van der Waals surface area (Å²) in [7, 11) is 0. The molecule has 2 saturated heterocycles. The van der Waals surface area contributed by atoms with Crippen molar-refractivity contribution in [2.45, 2.75) is 47.5 Å². The molecule has 7 rings (SSSR count). The Kier molecular flexibility index (Phi) is 5.74. The lowest BCUT2D eigenvalue weighted by atomic mass is 9.54. The monoisotopic (exact) mass is 614 g/mol. The molecule has 0 radical (unpaired) electrons. The number of benzene rings is 2. The first kappa shape index (κ1) is 24.3. The Morgan fingerprint density at radius 2 is 1.44 bits per heavy atom. The fraction of sp³-hybridized carbons (Fsp3) is 0.464. The van der Waals surface area contributed by atoms with Crippen LogP contribution >= 0.6 is 31.9 Å². The molecule has 4 atom stereocenters. The first-order valence-electron chi connectivity index (χ1n) is 12.6. The largest absolute Gasteiger partial charge is 0.376 e. The van der Waals surface area contributed by atoms with Crippen molar-refractivity contribution in [3.8, 4) is 0 Å². The van der Waals surface area contributed by atoms with E-state index in [4.69, 9.17) is 4.74 Å². The Balaban J connectivity index is 1.44. The number of rotatable bonds is 5. The molecule has 5 aliphatic rings. The molecule has 8 heteroatoms. The third-order valence-electron chi connectivity index (χ3n) is 8.33. The molecule has 1 N–H and O–H groups in total. The van der Waals surface area contributed by atoms with Crippen molar-refractivity contribution in [1.82, 2.24) is 10.2 Å². The van der Waals surface area contributed by atoms with Crippen LogP contribution in [0.15, 0.2) is 48.5 Å². The summed E-state index contributed by atoms with van der Waals surface area (Å²) in [6.45, 7) is 4.84. The molecule has 2 fully saturated rings. The third kappa shape index (κ3) is 3.07. The smallest absolute Gasteiger partial charge is 0.243 e. The van der Waals surface area contributed by atoms with Gasteiger partial charge in [-0.15, -0.1) is 0 Å². The van der Waals surface area contributed by atoms with E-state index in [1.807, 2.05) is 62.4 Å². The molecule has 0 saturated carbocycles. The SMILES string of the molecule is CC(C)[C@H](C(=O)NC[C@@H]1CCCO1)N1C(=O)[C@@H]2[C@@H](C1=O)C1(Br)c3ccccc3C2(Br)c2ccccc21. The Labute approximate surface area is 227 Å². The predicted octanol–water partition coefficient (Wildman–Crippen LogP) is 4.21. The number of hydrogen-bond donors (Lipinski definition) is 1. The van der Waals surface area contributed by atoms with Crippen LogP contribution in [0.5, 0.6) is 0 Å². The van der Waals surface area contributed by atoms with Gasteiger partial charge in [0.2, 0.25) is 17.7 Å². The van der Waals surface area contributed by atoms with Gasteiger partial charge < -0.3 is 10.1 Å². The average Bonchev–Trinajstić information content (AvgIpc) is 3.48. The molecule has 0 spiro atoms. The zero-order valence-corrected chi connectivity index (χ0v) is 23.3. The van der Waals surface area contributed by atoms with Crippen molar-refractivity contribution in [3.05, 3.63) is 70.8 Å². The summed E-state index contributed by atoms with van der Waals surface area (Å²) in [5, 5.41) is 2.96. The van der Waals surface area contributed by atoms with E-state index in [0.717, 1.165) is 35.1 Å². The number of likely N-dealkylation sites (tertiary alicyclic amines) is 1. The highest BCUT2D eigenvalue weighted by molar-refractivity contribution is 9.10. The molecule has 2 aromatic rings. The molecule has 2 aromatic carbocycles. The number of halogens is 2. The van der Waals surface area contributed by atoms with Crippen LogP contribution in [-0.4, -0.2) is 47.9 Å². The van der Waals surface area contributed by atoms with Crippen LogP contribution in [0.1, 0.15) is 48.9 Å². The van der Waals surface area contributed by atoms with Gasteiger partial charge in [0.1, 0.15) is 6.04 Å². The fourth-order valence-electron chi connectivity index (χ4n) is 6.81. The first-order valence-corrected chi connectivity index (χ1v) is 14.1. The summed E-state index contributed by atoms with van der Waals surface area (Å²) in [6.07, 6.45) is 1.85. The van der Waals surface area contributed by atoms with Gasteiger partial charge in [0.05, 0.1) is 26.6 Å². The lowest BCUT2D eigenvalue weighted by Gasteiger charge is -2.55. The maximum atomic E-state index is 14.3. The normalized spacial score (nSPS) is 32.9. The molecule has 6 nitrogen and oxygen atoms in total. The summed E-state index contributed by atoms with van der Waals surface area (Å²) in [6, 6.07) is 15.1. The predicted molar refractivity (Wildman–Crippen MR) is 142 cm³/mol. The van der Waals surface area contributed by atoms with Gasteiger partial charge in [0, 0.05) is 13.2 Å². The highest BCUT2D eigenvalue weighted by Gasteiger charge is 2.73. The molecular formula is C28H28Br2N2O4. The van der Waals surface area contributed by atoms with E-state index in [1.165, 1.54) is 4.90 Å². The van der Waals surface area contributed by atoms with Gasteiger partial charge in [0.25, 0.3) is 0 Å². The van der Waals surface area contributed by atoms with E-state index in [2.05, 4.69) is 37.2 Å². The Morgan fingerprint density at radius 3 is 1.83 bits per heavy atom. The number of nitrogens with zero attached hydrogens (tertiary/aromatic N) is 1. The van der Waals surface area contributed by atoms with Gasteiger partial charge >= 0.3 is 0 Å². The molecule has 3 amide bonds. The number of carbonyl (C=O) groups is 3. The quantitative estimate of drug-likeness (QED) is 0.404. The number of alkyl halides is 2. The van der Waals surface area contributed by atoms with E-state index in [9.17, 15) is 14.4 Å². The van der Waals surface area contributed by atoms with Crippen molar-refractivity contribution in [3.63, 3.8) is 0 Å². The van der Waals surface area contributed by atoms with Crippen LogP contribution in [-0.2, 0) is 27.8 Å². The summed E-state index contributed by atoms with van der Waals surface area (Å²) < 4.78 is 3.92. The highest BCUT2D eigenvalue weighted by Crippen LogP contribution is 2.70. The molecule has 2 bridgehead atoms. The lowest BCUT2D eigenvalue weighted by molar-refractivity contribution is -0.149.